The van der Waals surface area contributed by atoms with Crippen LogP contribution in [0.2, 0.25) is 10.3 Å². The fourth-order valence-electron chi connectivity index (χ4n) is 0.592. The summed E-state index contributed by atoms with van der Waals surface area (Å²) in [7, 11) is -4.30. The summed E-state index contributed by atoms with van der Waals surface area (Å²) in [5.74, 6) is 0. The summed E-state index contributed by atoms with van der Waals surface area (Å²) in [6.45, 7) is 0. The van der Waals surface area contributed by atoms with E-state index in [9.17, 15) is 8.42 Å². The van der Waals surface area contributed by atoms with Crippen molar-refractivity contribution in [3.05, 3.63) is 22.4 Å². The van der Waals surface area contributed by atoms with Crippen molar-refractivity contribution in [2.75, 3.05) is 0 Å². The van der Waals surface area contributed by atoms with Gasteiger partial charge in [-0.1, -0.05) is 23.2 Å². The maximum atomic E-state index is 10.6. The molecular formula is C5H4Cl2NNaO3S. The van der Waals surface area contributed by atoms with E-state index >= 15 is 0 Å². The molecule has 0 spiro atoms. The van der Waals surface area contributed by atoms with Gasteiger partial charge in [0.1, 0.15) is 10.0 Å². The molecule has 0 unspecified atom stereocenters. The quantitative estimate of drug-likeness (QED) is 0.459. The third-order valence-electron chi connectivity index (χ3n) is 1.06. The molecular weight excluding hydrogens is 248 g/mol. The van der Waals surface area contributed by atoms with Gasteiger partial charge < -0.3 is 0 Å². The summed E-state index contributed by atoms with van der Waals surface area (Å²) < 4.78 is 29.7. The average Bonchev–Trinajstić information content (AvgIpc) is 1.83. The number of hydrogen-bond donors (Lipinski definition) is 1. The number of halogens is 2. The van der Waals surface area contributed by atoms with Crippen molar-refractivity contribution < 1.29 is 13.0 Å². The number of aromatic nitrogens is 1. The molecule has 1 aromatic rings. The van der Waals surface area contributed by atoms with Crippen molar-refractivity contribution in [1.82, 2.24) is 4.98 Å². The van der Waals surface area contributed by atoms with Crippen molar-refractivity contribution in [1.29, 1.82) is 0 Å². The van der Waals surface area contributed by atoms with Crippen LogP contribution in [0, 0.1) is 0 Å². The normalized spacial score (nSPS) is 10.7. The summed E-state index contributed by atoms with van der Waals surface area (Å²) in [6.07, 6.45) is 0. The van der Waals surface area contributed by atoms with Gasteiger partial charge in [0, 0.05) is 0 Å². The van der Waals surface area contributed by atoms with Crippen LogP contribution < -0.4 is 0 Å². The van der Waals surface area contributed by atoms with Gasteiger partial charge in [0.05, 0.1) is 0 Å². The topological polar surface area (TPSA) is 67.3 Å². The van der Waals surface area contributed by atoms with Crippen LogP contribution in [0.3, 0.4) is 0 Å². The summed E-state index contributed by atoms with van der Waals surface area (Å²) in [6, 6.07) is 2.30. The number of hydrogen-bond acceptors (Lipinski definition) is 3. The molecule has 0 saturated heterocycles. The molecule has 0 bridgehead atoms. The van der Waals surface area contributed by atoms with Crippen LogP contribution in [0.4, 0.5) is 0 Å². The Morgan fingerprint density at radius 2 is 1.85 bits per heavy atom. The van der Waals surface area contributed by atoms with Crippen LogP contribution in [-0.2, 0) is 10.1 Å². The average molecular weight is 252 g/mol. The molecule has 0 saturated carbocycles. The third-order valence-corrected chi connectivity index (χ3v) is 2.55. The van der Waals surface area contributed by atoms with Crippen molar-refractivity contribution >= 4 is 62.9 Å². The first kappa shape index (κ1) is 13.6. The van der Waals surface area contributed by atoms with Gasteiger partial charge in [-0.3, -0.25) is 4.55 Å². The van der Waals surface area contributed by atoms with Gasteiger partial charge in [-0.25, -0.2) is 4.98 Å². The van der Waals surface area contributed by atoms with E-state index in [4.69, 9.17) is 27.8 Å². The zero-order valence-corrected chi connectivity index (χ0v) is 7.86. The maximum absolute atomic E-state index is 10.6. The fourth-order valence-corrected chi connectivity index (χ4v) is 1.73. The Morgan fingerprint density at radius 1 is 1.31 bits per heavy atom. The molecule has 13 heavy (non-hydrogen) atoms. The third kappa shape index (κ3) is 3.71. The van der Waals surface area contributed by atoms with E-state index in [0.717, 1.165) is 6.07 Å². The van der Waals surface area contributed by atoms with E-state index < -0.39 is 15.0 Å². The van der Waals surface area contributed by atoms with Crippen molar-refractivity contribution in [3.63, 3.8) is 0 Å². The molecule has 1 aromatic heterocycles. The Labute approximate surface area is 107 Å². The van der Waals surface area contributed by atoms with Gasteiger partial charge in [-0.05, 0) is 12.1 Å². The molecule has 0 fully saturated rings. The summed E-state index contributed by atoms with van der Waals surface area (Å²) >= 11 is 10.8. The molecule has 1 heterocycles. The van der Waals surface area contributed by atoms with E-state index in [1.807, 2.05) is 0 Å². The minimum atomic E-state index is -4.30. The molecule has 68 valence electrons. The summed E-state index contributed by atoms with van der Waals surface area (Å²) in [5, 5.41) is -0.280. The molecule has 0 radical (unpaired) electrons. The van der Waals surface area contributed by atoms with Crippen LogP contribution in [0.15, 0.2) is 17.0 Å². The standard InChI is InChI=1S/C5H3Cl2NO3S.Na.H/c6-4-2-1-3(5(7)8-4)12(9,10)11;;/h1-2H,(H,9,10,11);;. The molecule has 0 amide bonds. The Hall–Kier alpha value is 0.640. The van der Waals surface area contributed by atoms with Gasteiger partial charge in [-0.15, -0.1) is 0 Å². The molecule has 0 aliphatic heterocycles. The predicted molar refractivity (Wildman–Crippen MR) is 51.2 cm³/mol. The van der Waals surface area contributed by atoms with Gasteiger partial charge in [-0.2, -0.15) is 8.42 Å². The van der Waals surface area contributed by atoms with Gasteiger partial charge >= 0.3 is 29.6 Å². The van der Waals surface area contributed by atoms with E-state index in [-0.39, 0.29) is 39.9 Å². The second kappa shape index (κ2) is 4.93. The van der Waals surface area contributed by atoms with Crippen LogP contribution >= 0.6 is 23.2 Å². The second-order valence-electron chi connectivity index (χ2n) is 1.90. The molecule has 0 atom stereocenters. The van der Waals surface area contributed by atoms with Crippen molar-refractivity contribution in [2.45, 2.75) is 4.90 Å². The minimum absolute atomic E-state index is 0. The Morgan fingerprint density at radius 3 is 2.23 bits per heavy atom. The molecule has 0 aliphatic carbocycles. The first-order valence-electron chi connectivity index (χ1n) is 2.71. The first-order chi connectivity index (χ1) is 5.41. The summed E-state index contributed by atoms with van der Waals surface area (Å²) in [4.78, 5) is 2.98. The zero-order valence-electron chi connectivity index (χ0n) is 5.53. The van der Waals surface area contributed by atoms with Crippen LogP contribution in [0.1, 0.15) is 0 Å². The SMILES string of the molecule is O=S(=O)(O)c1ccc(Cl)nc1Cl.[NaH]. The van der Waals surface area contributed by atoms with E-state index in [2.05, 4.69) is 4.98 Å². The molecule has 1 N–H and O–H groups in total. The van der Waals surface area contributed by atoms with Crippen molar-refractivity contribution in [2.24, 2.45) is 0 Å². The second-order valence-corrected chi connectivity index (χ2v) is 4.03. The van der Waals surface area contributed by atoms with E-state index in [0.29, 0.717) is 0 Å². The first-order valence-corrected chi connectivity index (χ1v) is 4.90. The number of rotatable bonds is 1. The molecule has 0 aliphatic rings. The summed E-state index contributed by atoms with van der Waals surface area (Å²) in [5.41, 5.74) is 0. The van der Waals surface area contributed by atoms with Crippen molar-refractivity contribution in [3.8, 4) is 0 Å². The number of nitrogens with zero attached hydrogens (tertiary/aromatic N) is 1. The number of pyridine rings is 1. The van der Waals surface area contributed by atoms with Gasteiger partial charge in [0.25, 0.3) is 10.1 Å². The van der Waals surface area contributed by atoms with Gasteiger partial charge in [0.2, 0.25) is 0 Å². The van der Waals surface area contributed by atoms with E-state index in [1.54, 1.807) is 0 Å². The Balaban J connectivity index is 0.00000144. The predicted octanol–water partition coefficient (Wildman–Crippen LogP) is 0.987. The van der Waals surface area contributed by atoms with E-state index in [1.165, 1.54) is 6.07 Å². The monoisotopic (exact) mass is 251 g/mol. The molecule has 8 heteroatoms. The van der Waals surface area contributed by atoms with Gasteiger partial charge in [0.15, 0.2) is 5.15 Å². The van der Waals surface area contributed by atoms with Crippen LogP contribution in [0.5, 0.6) is 0 Å². The molecule has 4 nitrogen and oxygen atoms in total. The zero-order chi connectivity index (χ0) is 9.35. The Bertz CT molecular complexity index is 408. The fraction of sp³-hybridized carbons (Fsp3) is 0. The van der Waals surface area contributed by atoms with Crippen LogP contribution in [-0.4, -0.2) is 47.5 Å². The Kier molecular flexibility index (Phi) is 5.17. The molecule has 0 aromatic carbocycles. The van der Waals surface area contributed by atoms with Crippen LogP contribution in [0.25, 0.3) is 0 Å². The molecule has 1 rings (SSSR count).